The second-order valence-electron chi connectivity index (χ2n) is 9.04. The highest BCUT2D eigenvalue weighted by atomic mass is 32.2. The highest BCUT2D eigenvalue weighted by Crippen LogP contribution is 2.64. The van der Waals surface area contributed by atoms with Crippen LogP contribution in [0, 0.1) is 16.7 Å². The van der Waals surface area contributed by atoms with E-state index in [4.69, 9.17) is 4.55 Å². The number of esters is 1. The summed E-state index contributed by atoms with van der Waals surface area (Å²) >= 11 is 0. The first-order valence-electron chi connectivity index (χ1n) is 8.33. The van der Waals surface area contributed by atoms with Gasteiger partial charge in [0.25, 0.3) is 0 Å². The highest BCUT2D eigenvalue weighted by molar-refractivity contribution is 7.86. The molecule has 0 spiro atoms. The second-order valence-corrected chi connectivity index (χ2v) is 10.6. The molecule has 0 aliphatic heterocycles. The number of fused-ring (bicyclic) bond motifs is 4. The predicted molar refractivity (Wildman–Crippen MR) is 86.9 cm³/mol. The number of ether oxygens (including phenoxy) is 1. The summed E-state index contributed by atoms with van der Waals surface area (Å²) in [5.41, 5.74) is -4.31. The van der Waals surface area contributed by atoms with Crippen molar-refractivity contribution in [2.45, 2.75) is 69.8 Å². The summed E-state index contributed by atoms with van der Waals surface area (Å²) in [5.74, 6) is -1.71. The van der Waals surface area contributed by atoms with Crippen LogP contribution in [0.5, 0.6) is 0 Å². The quantitative estimate of drug-likeness (QED) is 0.485. The Hall–Kier alpha value is -0.840. The van der Waals surface area contributed by atoms with Crippen LogP contribution >= 0.6 is 0 Å². The van der Waals surface area contributed by atoms with Gasteiger partial charge in [-0.25, -0.2) is 0 Å². The number of halogens is 2. The first-order valence-corrected chi connectivity index (χ1v) is 9.77. The van der Waals surface area contributed by atoms with Gasteiger partial charge in [-0.15, -0.1) is 0 Å². The fraction of sp³-hybridized carbons (Fsp3) is 0.938. The molecule has 0 saturated heterocycles. The van der Waals surface area contributed by atoms with Crippen molar-refractivity contribution in [2.75, 3.05) is 6.61 Å². The molecule has 3 aliphatic carbocycles. The number of aliphatic hydroxyl groups is 2. The molecule has 2 unspecified atom stereocenters. The molecule has 0 amide bonds. The molecule has 0 aromatic carbocycles. The minimum Gasteiger partial charge on any atom is -0.458 e. The van der Waals surface area contributed by atoms with Gasteiger partial charge in [0.1, 0.15) is 0 Å². The number of carbonyl (C=O) groups is 1. The monoisotopic (exact) mass is 400 g/mol. The van der Waals surface area contributed by atoms with Gasteiger partial charge in [-0.2, -0.15) is 17.2 Å². The third-order valence-corrected chi connectivity index (χ3v) is 6.62. The first kappa shape index (κ1) is 21.5. The minimum absolute atomic E-state index is 0.0286. The molecule has 152 valence electrons. The first-order chi connectivity index (χ1) is 11.4. The molecule has 0 radical (unpaired) electrons. The summed E-state index contributed by atoms with van der Waals surface area (Å²) < 4.78 is 61.2. The van der Waals surface area contributed by atoms with Crippen molar-refractivity contribution in [1.29, 1.82) is 0 Å². The second kappa shape index (κ2) is 5.83. The van der Waals surface area contributed by atoms with E-state index in [1.165, 1.54) is 0 Å². The van der Waals surface area contributed by atoms with Crippen molar-refractivity contribution < 1.29 is 41.5 Å². The predicted octanol–water partition coefficient (Wildman–Crippen LogP) is 1.73. The van der Waals surface area contributed by atoms with Gasteiger partial charge in [0.15, 0.2) is 6.61 Å². The summed E-state index contributed by atoms with van der Waals surface area (Å²) in [6.07, 6.45) is 0.416. The summed E-state index contributed by atoms with van der Waals surface area (Å²) in [4.78, 5) is 12.6. The molecular formula is C16H26F2O7S. The fourth-order valence-corrected chi connectivity index (χ4v) is 5.23. The van der Waals surface area contributed by atoms with E-state index < -0.39 is 55.9 Å². The third kappa shape index (κ3) is 3.61. The topological polar surface area (TPSA) is 121 Å². The Morgan fingerprint density at radius 2 is 1.69 bits per heavy atom. The maximum atomic E-state index is 13.4. The molecule has 0 heterocycles. The number of hydrogen-bond donors (Lipinski definition) is 3. The average Bonchev–Trinajstić information content (AvgIpc) is 2.38. The molecule has 3 saturated carbocycles. The Bertz CT molecular complexity index is 703. The highest BCUT2D eigenvalue weighted by Gasteiger charge is 2.69. The van der Waals surface area contributed by atoms with Crippen molar-refractivity contribution >= 4 is 16.1 Å². The van der Waals surface area contributed by atoms with Crippen molar-refractivity contribution in [3.8, 4) is 0 Å². The average molecular weight is 400 g/mol. The lowest BCUT2D eigenvalue weighted by Gasteiger charge is -2.63. The van der Waals surface area contributed by atoms with Crippen molar-refractivity contribution in [1.82, 2.24) is 0 Å². The van der Waals surface area contributed by atoms with E-state index in [0.717, 1.165) is 0 Å². The van der Waals surface area contributed by atoms with Gasteiger partial charge in [0.2, 0.25) is 0 Å². The van der Waals surface area contributed by atoms with Crippen molar-refractivity contribution in [3.05, 3.63) is 0 Å². The number of rotatable bonds is 4. The van der Waals surface area contributed by atoms with Gasteiger partial charge in [-0.05, 0) is 31.6 Å². The zero-order chi connectivity index (χ0) is 20.4. The molecule has 26 heavy (non-hydrogen) atoms. The Balaban J connectivity index is 2.26. The van der Waals surface area contributed by atoms with Crippen LogP contribution in [0.15, 0.2) is 0 Å². The van der Waals surface area contributed by atoms with Gasteiger partial charge in [0, 0.05) is 12.3 Å². The van der Waals surface area contributed by atoms with Gasteiger partial charge in [-0.1, -0.05) is 20.8 Å². The molecule has 4 atom stereocenters. The standard InChI is InChI=1S/C16H26F2O7S/c1-10-14(11(19)25-9-16(17,18)26(22,23)24)6-12(2,3)5-13(4,20)7-15(10,21)8-14/h10,20-21H,5-9H2,1-4H3,(H,22,23,24)/t10-,13?,14?,15+/m1/s1. The molecule has 10 heteroatoms. The Morgan fingerprint density at radius 3 is 2.15 bits per heavy atom. The lowest BCUT2D eigenvalue weighted by molar-refractivity contribution is -0.251. The van der Waals surface area contributed by atoms with Gasteiger partial charge >= 0.3 is 21.3 Å². The SMILES string of the molecule is C[C@@H]1C2(C(=O)OCC(F)(F)S(=O)(=O)O)CC(C)(C)CC(C)(O)C[C@]1(O)C2. The Morgan fingerprint density at radius 1 is 1.15 bits per heavy atom. The normalized spacial score (nSPS) is 40.1. The van der Waals surface area contributed by atoms with E-state index in [9.17, 15) is 32.2 Å². The van der Waals surface area contributed by atoms with Crippen molar-refractivity contribution in [2.24, 2.45) is 16.7 Å². The molecule has 2 bridgehead atoms. The molecule has 3 fully saturated rings. The Kier molecular flexibility index (Phi) is 4.81. The zero-order valence-corrected chi connectivity index (χ0v) is 16.1. The number of alkyl halides is 2. The van der Waals surface area contributed by atoms with Crippen molar-refractivity contribution in [3.63, 3.8) is 0 Å². The van der Waals surface area contributed by atoms with E-state index in [2.05, 4.69) is 4.74 Å². The lowest BCUT2D eigenvalue weighted by atomic mass is 9.43. The summed E-state index contributed by atoms with van der Waals surface area (Å²) in [6.45, 7) is 5.03. The third-order valence-electron chi connectivity index (χ3n) is 5.75. The van der Waals surface area contributed by atoms with Crippen LogP contribution in [0.25, 0.3) is 0 Å². The fourth-order valence-electron chi connectivity index (χ4n) is 5.03. The smallest absolute Gasteiger partial charge is 0.402 e. The van der Waals surface area contributed by atoms with E-state index >= 15 is 0 Å². The summed E-state index contributed by atoms with van der Waals surface area (Å²) in [7, 11) is -5.71. The molecule has 0 aromatic heterocycles. The minimum atomic E-state index is -5.71. The molecule has 0 aromatic rings. The van der Waals surface area contributed by atoms with E-state index in [1.54, 1.807) is 13.8 Å². The number of hydrogen-bond acceptors (Lipinski definition) is 6. The molecule has 7 nitrogen and oxygen atoms in total. The van der Waals surface area contributed by atoms with E-state index in [1.807, 2.05) is 13.8 Å². The van der Waals surface area contributed by atoms with Gasteiger partial charge in [-0.3, -0.25) is 9.35 Å². The van der Waals surface area contributed by atoms with Crippen LogP contribution < -0.4 is 0 Å². The van der Waals surface area contributed by atoms with Crippen LogP contribution in [0.4, 0.5) is 8.78 Å². The van der Waals surface area contributed by atoms with Crippen LogP contribution in [-0.4, -0.2) is 52.2 Å². The summed E-state index contributed by atoms with van der Waals surface area (Å²) in [5, 5.41) is 16.7. The molecule has 3 N–H and O–H groups in total. The number of carbonyl (C=O) groups excluding carboxylic acids is 1. The van der Waals surface area contributed by atoms with Crippen LogP contribution in [-0.2, 0) is 19.6 Å². The van der Waals surface area contributed by atoms with E-state index in [0.29, 0.717) is 0 Å². The largest absolute Gasteiger partial charge is 0.458 e. The van der Waals surface area contributed by atoms with Crippen LogP contribution in [0.2, 0.25) is 0 Å². The van der Waals surface area contributed by atoms with Gasteiger partial charge in [0.05, 0.1) is 16.6 Å². The van der Waals surface area contributed by atoms with Gasteiger partial charge < -0.3 is 14.9 Å². The van der Waals surface area contributed by atoms with Crippen LogP contribution in [0.3, 0.4) is 0 Å². The maximum absolute atomic E-state index is 13.4. The molecular weight excluding hydrogens is 374 g/mol. The maximum Gasteiger partial charge on any atom is 0.402 e. The summed E-state index contributed by atoms with van der Waals surface area (Å²) in [6, 6.07) is 0. The van der Waals surface area contributed by atoms with E-state index in [-0.39, 0.29) is 25.7 Å². The Labute approximate surface area is 151 Å². The lowest BCUT2D eigenvalue weighted by Crippen LogP contribution is -2.68. The zero-order valence-electron chi connectivity index (χ0n) is 15.3. The van der Waals surface area contributed by atoms with Crippen LogP contribution in [0.1, 0.15) is 53.4 Å². The molecule has 3 aliphatic rings. The molecule has 3 rings (SSSR count).